The van der Waals surface area contributed by atoms with E-state index < -0.39 is 17.9 Å². The van der Waals surface area contributed by atoms with Crippen molar-refractivity contribution >= 4 is 23.2 Å². The lowest BCUT2D eigenvalue weighted by atomic mass is 10.1. The minimum absolute atomic E-state index is 0.147. The van der Waals surface area contributed by atoms with Gasteiger partial charge in [0.1, 0.15) is 11.5 Å². The number of carbonyl (C=O) groups is 2. The molecular weight excluding hydrogens is 307 g/mol. The minimum Gasteiger partial charge on any atom is -0.481 e. The van der Waals surface area contributed by atoms with Crippen molar-refractivity contribution in [3.05, 3.63) is 51.7 Å². The van der Waals surface area contributed by atoms with Gasteiger partial charge in [-0.05, 0) is 24.6 Å². The highest BCUT2D eigenvalue weighted by Gasteiger charge is 2.15. The summed E-state index contributed by atoms with van der Waals surface area (Å²) in [5.74, 6) is -1.69. The van der Waals surface area contributed by atoms with Crippen LogP contribution < -0.4 is 5.32 Å². The molecule has 1 amide bonds. The van der Waals surface area contributed by atoms with Crippen LogP contribution in [0.3, 0.4) is 0 Å². The summed E-state index contributed by atoms with van der Waals surface area (Å²) in [6.07, 6.45) is 0.298. The highest BCUT2D eigenvalue weighted by molar-refractivity contribution is 7.09. The van der Waals surface area contributed by atoms with Gasteiger partial charge in [0.05, 0.1) is 11.4 Å². The zero-order valence-corrected chi connectivity index (χ0v) is 12.7. The third-order valence-corrected chi connectivity index (χ3v) is 3.74. The molecule has 0 saturated heterocycles. The summed E-state index contributed by atoms with van der Waals surface area (Å²) in [6, 6.07) is 5.74. The van der Waals surface area contributed by atoms with Gasteiger partial charge < -0.3 is 10.4 Å². The number of hydrogen-bond donors (Lipinski definition) is 2. The fourth-order valence-corrected chi connectivity index (χ4v) is 2.74. The summed E-state index contributed by atoms with van der Waals surface area (Å²) in [4.78, 5) is 26.7. The number of carboxylic acids is 1. The van der Waals surface area contributed by atoms with Gasteiger partial charge in [0.25, 0.3) is 5.91 Å². The number of halogens is 1. The number of nitrogens with zero attached hydrogens (tertiary/aromatic N) is 1. The second-order valence-corrected chi connectivity index (χ2v) is 5.85. The third-order valence-electron chi connectivity index (χ3n) is 2.89. The standard InChI is InChI=1S/C15H15FN2O3S/c1-9(5-14(19)20)17-15(21)12-8-22-13(18-12)7-10-3-2-4-11(16)6-10/h2-4,6,8-9H,5,7H2,1H3,(H,17,21)(H,19,20). The van der Waals surface area contributed by atoms with Crippen LogP contribution in [0.4, 0.5) is 4.39 Å². The number of aliphatic carboxylic acids is 1. The Bertz CT molecular complexity index is 687. The van der Waals surface area contributed by atoms with E-state index in [-0.39, 0.29) is 17.9 Å². The molecule has 0 fully saturated rings. The monoisotopic (exact) mass is 322 g/mol. The molecule has 1 heterocycles. The maximum atomic E-state index is 13.1. The average molecular weight is 322 g/mol. The van der Waals surface area contributed by atoms with Crippen molar-refractivity contribution in [2.45, 2.75) is 25.8 Å². The summed E-state index contributed by atoms with van der Waals surface area (Å²) in [5, 5.41) is 13.5. The van der Waals surface area contributed by atoms with Crippen LogP contribution in [-0.2, 0) is 11.2 Å². The molecule has 0 saturated carbocycles. The van der Waals surface area contributed by atoms with E-state index in [1.165, 1.54) is 23.5 Å². The molecule has 2 rings (SSSR count). The highest BCUT2D eigenvalue weighted by atomic mass is 32.1. The van der Waals surface area contributed by atoms with Gasteiger partial charge in [0.15, 0.2) is 0 Å². The van der Waals surface area contributed by atoms with Crippen molar-refractivity contribution in [3.8, 4) is 0 Å². The SMILES string of the molecule is CC(CC(=O)O)NC(=O)c1csc(Cc2cccc(F)c2)n1. The van der Waals surface area contributed by atoms with Crippen LogP contribution in [0.15, 0.2) is 29.6 Å². The largest absolute Gasteiger partial charge is 0.481 e. The molecule has 0 aliphatic heterocycles. The molecule has 5 nitrogen and oxygen atoms in total. The number of nitrogens with one attached hydrogen (secondary N) is 1. The number of carboxylic acid groups (broad SMARTS) is 1. The molecular formula is C15H15FN2O3S. The van der Waals surface area contributed by atoms with Gasteiger partial charge in [-0.3, -0.25) is 9.59 Å². The number of rotatable bonds is 6. The molecule has 22 heavy (non-hydrogen) atoms. The molecule has 116 valence electrons. The van der Waals surface area contributed by atoms with Crippen molar-refractivity contribution < 1.29 is 19.1 Å². The van der Waals surface area contributed by atoms with E-state index in [1.54, 1.807) is 24.4 Å². The highest BCUT2D eigenvalue weighted by Crippen LogP contribution is 2.15. The third kappa shape index (κ3) is 4.63. The van der Waals surface area contributed by atoms with Crippen LogP contribution in [0.1, 0.15) is 34.4 Å². The fourth-order valence-electron chi connectivity index (χ4n) is 1.93. The lowest BCUT2D eigenvalue weighted by Gasteiger charge is -2.09. The molecule has 1 aromatic carbocycles. The molecule has 1 unspecified atom stereocenters. The van der Waals surface area contributed by atoms with Gasteiger partial charge in [0.2, 0.25) is 0 Å². The number of carbonyl (C=O) groups excluding carboxylic acids is 1. The van der Waals surface area contributed by atoms with Crippen LogP contribution in [0.25, 0.3) is 0 Å². The smallest absolute Gasteiger partial charge is 0.305 e. The summed E-state index contributed by atoms with van der Waals surface area (Å²) in [7, 11) is 0. The van der Waals surface area contributed by atoms with E-state index in [0.29, 0.717) is 11.4 Å². The quantitative estimate of drug-likeness (QED) is 0.856. The number of benzene rings is 1. The van der Waals surface area contributed by atoms with Crippen LogP contribution in [0.2, 0.25) is 0 Å². The van der Waals surface area contributed by atoms with Crippen molar-refractivity contribution in [2.75, 3.05) is 0 Å². The maximum absolute atomic E-state index is 13.1. The van der Waals surface area contributed by atoms with Crippen LogP contribution >= 0.6 is 11.3 Å². The summed E-state index contributed by atoms with van der Waals surface area (Å²) >= 11 is 1.31. The normalized spacial score (nSPS) is 11.9. The Balaban J connectivity index is 1.98. The Morgan fingerprint density at radius 2 is 2.23 bits per heavy atom. The summed E-state index contributed by atoms with van der Waals surface area (Å²) in [6.45, 7) is 1.62. The number of hydrogen-bond acceptors (Lipinski definition) is 4. The van der Waals surface area contributed by atoms with Gasteiger partial charge in [0, 0.05) is 17.8 Å². The molecule has 7 heteroatoms. The van der Waals surface area contributed by atoms with E-state index in [2.05, 4.69) is 10.3 Å². The Kier molecular flexibility index (Phi) is 5.21. The first-order valence-corrected chi connectivity index (χ1v) is 7.53. The Morgan fingerprint density at radius 3 is 2.91 bits per heavy atom. The van der Waals surface area contributed by atoms with E-state index in [1.807, 2.05) is 0 Å². The molecule has 2 N–H and O–H groups in total. The molecule has 0 bridgehead atoms. The van der Waals surface area contributed by atoms with Crippen molar-refractivity contribution in [2.24, 2.45) is 0 Å². The second kappa shape index (κ2) is 7.13. The predicted octanol–water partition coefficient (Wildman–Crippen LogP) is 2.47. The molecule has 0 spiro atoms. The summed E-state index contributed by atoms with van der Waals surface area (Å²) < 4.78 is 13.1. The number of thiazole rings is 1. The van der Waals surface area contributed by atoms with Crippen molar-refractivity contribution in [1.29, 1.82) is 0 Å². The summed E-state index contributed by atoms with van der Waals surface area (Å²) in [5.41, 5.74) is 1.02. The maximum Gasteiger partial charge on any atom is 0.305 e. The molecule has 0 radical (unpaired) electrons. The average Bonchev–Trinajstić information content (AvgIpc) is 2.86. The first kappa shape index (κ1) is 16.1. The number of amides is 1. The zero-order chi connectivity index (χ0) is 16.1. The topological polar surface area (TPSA) is 79.3 Å². The van der Waals surface area contributed by atoms with Crippen molar-refractivity contribution in [3.63, 3.8) is 0 Å². The van der Waals surface area contributed by atoms with Gasteiger partial charge in [-0.2, -0.15) is 0 Å². The van der Waals surface area contributed by atoms with Gasteiger partial charge in [-0.15, -0.1) is 11.3 Å². The Labute approximate surface area is 130 Å². The molecule has 0 aliphatic rings. The van der Waals surface area contributed by atoms with E-state index in [4.69, 9.17) is 5.11 Å². The lowest BCUT2D eigenvalue weighted by molar-refractivity contribution is -0.137. The predicted molar refractivity (Wildman–Crippen MR) is 80.5 cm³/mol. The van der Waals surface area contributed by atoms with Gasteiger partial charge in [-0.25, -0.2) is 9.37 Å². The van der Waals surface area contributed by atoms with E-state index >= 15 is 0 Å². The lowest BCUT2D eigenvalue weighted by Crippen LogP contribution is -2.34. The Hall–Kier alpha value is -2.28. The molecule has 2 aromatic rings. The van der Waals surface area contributed by atoms with E-state index in [9.17, 15) is 14.0 Å². The number of aromatic nitrogens is 1. The molecule has 1 atom stereocenters. The van der Waals surface area contributed by atoms with Crippen LogP contribution in [0.5, 0.6) is 0 Å². The molecule has 0 aliphatic carbocycles. The first-order valence-electron chi connectivity index (χ1n) is 6.65. The van der Waals surface area contributed by atoms with Crippen LogP contribution in [-0.4, -0.2) is 28.0 Å². The van der Waals surface area contributed by atoms with Gasteiger partial charge >= 0.3 is 5.97 Å². The van der Waals surface area contributed by atoms with Gasteiger partial charge in [-0.1, -0.05) is 12.1 Å². The Morgan fingerprint density at radius 1 is 1.45 bits per heavy atom. The zero-order valence-electron chi connectivity index (χ0n) is 11.9. The fraction of sp³-hybridized carbons (Fsp3) is 0.267. The molecule has 1 aromatic heterocycles. The van der Waals surface area contributed by atoms with Crippen LogP contribution in [0, 0.1) is 5.82 Å². The second-order valence-electron chi connectivity index (χ2n) is 4.91. The van der Waals surface area contributed by atoms with E-state index in [0.717, 1.165) is 5.56 Å². The first-order chi connectivity index (χ1) is 10.4. The van der Waals surface area contributed by atoms with Crippen molar-refractivity contribution in [1.82, 2.24) is 10.3 Å². The minimum atomic E-state index is -0.974.